The molecule has 214 valence electrons. The predicted octanol–water partition coefficient (Wildman–Crippen LogP) is 2.95. The van der Waals surface area contributed by atoms with Crippen molar-refractivity contribution in [3.05, 3.63) is 41.7 Å². The molecular formula is C28H36N6O5S. The molecule has 5 rings (SSSR count). The molecule has 12 heteroatoms. The minimum atomic E-state index is -3.99. The maximum absolute atomic E-state index is 13.2. The Bertz CT molecular complexity index is 1490. The third-order valence-electron chi connectivity index (χ3n) is 7.83. The number of piperidine rings is 1. The molecular weight excluding hydrogens is 532 g/mol. The van der Waals surface area contributed by atoms with Crippen molar-refractivity contribution in [2.24, 2.45) is 5.92 Å². The van der Waals surface area contributed by atoms with Gasteiger partial charge in [0.2, 0.25) is 15.9 Å². The zero-order valence-corrected chi connectivity index (χ0v) is 23.7. The summed E-state index contributed by atoms with van der Waals surface area (Å²) in [7, 11) is -2.25. The number of benzene rings is 1. The summed E-state index contributed by atoms with van der Waals surface area (Å²) in [4.78, 5) is 31.2. The highest BCUT2D eigenvalue weighted by Gasteiger charge is 2.29. The quantitative estimate of drug-likeness (QED) is 0.338. The lowest BCUT2D eigenvalue weighted by Crippen LogP contribution is -2.37. The summed E-state index contributed by atoms with van der Waals surface area (Å²) in [6.45, 7) is 3.73. The Balaban J connectivity index is 1.52. The van der Waals surface area contributed by atoms with Gasteiger partial charge in [0.15, 0.2) is 5.65 Å². The van der Waals surface area contributed by atoms with Gasteiger partial charge in [-0.3, -0.25) is 14.7 Å². The SMILES string of the molecule is COCC1CCN(c2ccccc2-c2cc(C(=O)NS(=O)(=O)CCNC(C)=O)nc3[nH]nc(C4CCC4)c23)CC1. The molecule has 1 aromatic carbocycles. The first-order valence-corrected chi connectivity index (χ1v) is 15.4. The summed E-state index contributed by atoms with van der Waals surface area (Å²) in [6.07, 6.45) is 5.28. The molecule has 1 saturated carbocycles. The topological polar surface area (TPSA) is 146 Å². The molecule has 3 aromatic rings. The number of amides is 2. The number of carbonyl (C=O) groups is 2. The zero-order valence-electron chi connectivity index (χ0n) is 22.9. The van der Waals surface area contributed by atoms with Crippen LogP contribution in [0.2, 0.25) is 0 Å². The van der Waals surface area contributed by atoms with Crippen molar-refractivity contribution >= 4 is 38.6 Å². The molecule has 2 aromatic heterocycles. The number of rotatable bonds is 10. The van der Waals surface area contributed by atoms with Crippen molar-refractivity contribution in [3.8, 4) is 11.1 Å². The van der Waals surface area contributed by atoms with Crippen molar-refractivity contribution < 1.29 is 22.7 Å². The van der Waals surface area contributed by atoms with Gasteiger partial charge in [-0.15, -0.1) is 0 Å². The van der Waals surface area contributed by atoms with Gasteiger partial charge in [-0.25, -0.2) is 18.1 Å². The lowest BCUT2D eigenvalue weighted by atomic mass is 9.81. The second-order valence-corrected chi connectivity index (χ2v) is 12.5. The number of para-hydroxylation sites is 1. The van der Waals surface area contributed by atoms with Gasteiger partial charge in [-0.2, -0.15) is 5.10 Å². The van der Waals surface area contributed by atoms with Crippen molar-refractivity contribution in [1.29, 1.82) is 0 Å². The number of sulfonamides is 1. The standard InChI is InChI=1S/C28H36N6O5S/c1-18(35)29-12-15-40(37,38)33-28(36)23-16-22(25-26(20-6-5-7-20)31-32-27(25)30-23)21-8-3-4-9-24(21)34-13-10-19(11-14-34)17-39-2/h3-4,8-9,16,19-20H,5-7,10-15,17H2,1-2H3,(H,29,35)(H,33,36)(H,30,31,32). The van der Waals surface area contributed by atoms with Gasteiger partial charge in [0, 0.05) is 57.4 Å². The Morgan fingerprint density at radius 2 is 1.88 bits per heavy atom. The number of hydrogen-bond acceptors (Lipinski definition) is 8. The minimum Gasteiger partial charge on any atom is -0.384 e. The molecule has 2 amide bonds. The number of anilines is 1. The monoisotopic (exact) mass is 568 g/mol. The van der Waals surface area contributed by atoms with Crippen LogP contribution in [0.15, 0.2) is 30.3 Å². The van der Waals surface area contributed by atoms with Crippen LogP contribution in [0.25, 0.3) is 22.2 Å². The van der Waals surface area contributed by atoms with Gasteiger partial charge in [0.1, 0.15) is 5.69 Å². The highest BCUT2D eigenvalue weighted by atomic mass is 32.2. The summed E-state index contributed by atoms with van der Waals surface area (Å²) >= 11 is 0. The third kappa shape index (κ3) is 6.12. The Labute approximate surface area is 234 Å². The minimum absolute atomic E-state index is 0.0250. The molecule has 11 nitrogen and oxygen atoms in total. The Morgan fingerprint density at radius 1 is 1.12 bits per heavy atom. The largest absolute Gasteiger partial charge is 0.384 e. The van der Waals surface area contributed by atoms with Gasteiger partial charge in [0.25, 0.3) is 5.91 Å². The molecule has 3 heterocycles. The second kappa shape index (κ2) is 11.9. The normalized spacial score (nSPS) is 16.6. The number of nitrogens with zero attached hydrogens (tertiary/aromatic N) is 3. The molecule has 2 fully saturated rings. The molecule has 0 unspecified atom stereocenters. The van der Waals surface area contributed by atoms with Crippen LogP contribution in [0.1, 0.15) is 61.1 Å². The van der Waals surface area contributed by atoms with Gasteiger partial charge in [-0.1, -0.05) is 24.6 Å². The molecule has 1 aliphatic carbocycles. The number of carbonyl (C=O) groups excluding carboxylic acids is 2. The molecule has 40 heavy (non-hydrogen) atoms. The lowest BCUT2D eigenvalue weighted by Gasteiger charge is -2.34. The van der Waals surface area contributed by atoms with Crippen LogP contribution < -0.4 is 14.9 Å². The van der Waals surface area contributed by atoms with Crippen LogP contribution in [0.5, 0.6) is 0 Å². The lowest BCUT2D eigenvalue weighted by molar-refractivity contribution is -0.118. The van der Waals surface area contributed by atoms with Gasteiger partial charge in [0.05, 0.1) is 16.8 Å². The van der Waals surface area contributed by atoms with Crippen molar-refractivity contribution in [3.63, 3.8) is 0 Å². The van der Waals surface area contributed by atoms with E-state index in [1.54, 1.807) is 13.2 Å². The summed E-state index contributed by atoms with van der Waals surface area (Å²) in [5, 5.41) is 10.9. The molecule has 1 aliphatic heterocycles. The van der Waals surface area contributed by atoms with E-state index in [9.17, 15) is 18.0 Å². The number of fused-ring (bicyclic) bond motifs is 1. The van der Waals surface area contributed by atoms with E-state index in [-0.39, 0.29) is 18.1 Å². The summed E-state index contributed by atoms with van der Waals surface area (Å²) in [6, 6.07) is 9.78. The molecule has 0 spiro atoms. The van der Waals surface area contributed by atoms with Crippen LogP contribution in [0, 0.1) is 5.92 Å². The predicted molar refractivity (Wildman–Crippen MR) is 153 cm³/mol. The summed E-state index contributed by atoms with van der Waals surface area (Å²) < 4.78 is 32.6. The zero-order chi connectivity index (χ0) is 28.3. The van der Waals surface area contributed by atoms with E-state index in [1.807, 2.05) is 18.2 Å². The number of aromatic amines is 1. The van der Waals surface area contributed by atoms with E-state index in [1.165, 1.54) is 6.92 Å². The number of H-pyrrole nitrogens is 1. The first kappa shape index (κ1) is 28.0. The molecule has 0 radical (unpaired) electrons. The Hall–Kier alpha value is -3.51. The van der Waals surface area contributed by atoms with Crippen molar-refractivity contribution in [2.75, 3.05) is 44.0 Å². The van der Waals surface area contributed by atoms with Crippen LogP contribution >= 0.6 is 0 Å². The molecule has 2 aliphatic rings. The van der Waals surface area contributed by atoms with E-state index in [4.69, 9.17) is 4.74 Å². The fourth-order valence-electron chi connectivity index (χ4n) is 5.52. The fourth-order valence-corrected chi connectivity index (χ4v) is 6.38. The average Bonchev–Trinajstić information content (AvgIpc) is 3.31. The number of aromatic nitrogens is 3. The van der Waals surface area contributed by atoms with Crippen LogP contribution in [-0.2, 0) is 19.6 Å². The number of methoxy groups -OCH3 is 1. The van der Waals surface area contributed by atoms with Crippen molar-refractivity contribution in [1.82, 2.24) is 25.2 Å². The Morgan fingerprint density at radius 3 is 2.55 bits per heavy atom. The second-order valence-electron chi connectivity index (χ2n) is 10.7. The van der Waals surface area contributed by atoms with Gasteiger partial charge >= 0.3 is 0 Å². The Kier molecular flexibility index (Phi) is 8.36. The molecule has 1 saturated heterocycles. The third-order valence-corrected chi connectivity index (χ3v) is 9.07. The van der Waals surface area contributed by atoms with E-state index in [2.05, 4.69) is 36.2 Å². The van der Waals surface area contributed by atoms with Crippen LogP contribution in [0.4, 0.5) is 5.69 Å². The van der Waals surface area contributed by atoms with Gasteiger partial charge < -0.3 is 15.0 Å². The van der Waals surface area contributed by atoms with E-state index in [0.717, 1.165) is 79.7 Å². The highest BCUT2D eigenvalue weighted by molar-refractivity contribution is 7.90. The average molecular weight is 569 g/mol. The van der Waals surface area contributed by atoms with Crippen LogP contribution in [0.3, 0.4) is 0 Å². The first-order valence-electron chi connectivity index (χ1n) is 13.8. The summed E-state index contributed by atoms with van der Waals surface area (Å²) in [5.74, 6) is -0.751. The molecule has 0 atom stereocenters. The van der Waals surface area contributed by atoms with E-state index >= 15 is 0 Å². The smallest absolute Gasteiger partial charge is 0.283 e. The van der Waals surface area contributed by atoms with E-state index in [0.29, 0.717) is 17.5 Å². The number of nitrogens with one attached hydrogen (secondary N) is 3. The van der Waals surface area contributed by atoms with Crippen LogP contribution in [-0.4, -0.2) is 74.5 Å². The fraction of sp³-hybridized carbons (Fsp3) is 0.500. The highest BCUT2D eigenvalue weighted by Crippen LogP contribution is 2.43. The molecule has 3 N–H and O–H groups in total. The number of pyridine rings is 1. The molecule has 0 bridgehead atoms. The number of ether oxygens (including phenoxy) is 1. The van der Waals surface area contributed by atoms with Gasteiger partial charge in [-0.05, 0) is 49.3 Å². The summed E-state index contributed by atoms with van der Waals surface area (Å²) in [5.41, 5.74) is 4.17. The van der Waals surface area contributed by atoms with E-state index < -0.39 is 21.7 Å². The first-order chi connectivity index (χ1) is 19.3. The maximum atomic E-state index is 13.2. The van der Waals surface area contributed by atoms with Crippen molar-refractivity contribution in [2.45, 2.75) is 44.9 Å². The maximum Gasteiger partial charge on any atom is 0.283 e. The number of hydrogen-bond donors (Lipinski definition) is 3.